The van der Waals surface area contributed by atoms with E-state index in [1.54, 1.807) is 6.33 Å². The molecule has 0 saturated carbocycles. The van der Waals surface area contributed by atoms with Gasteiger partial charge in [-0.3, -0.25) is 0 Å². The average molecular weight is 263 g/mol. The molecule has 0 aliphatic carbocycles. The molecule has 0 spiro atoms. The summed E-state index contributed by atoms with van der Waals surface area (Å²) in [6.07, 6.45) is 3.78. The third kappa shape index (κ3) is 3.89. The standard InChI is InChI=1S/C13H21N5O/c1-9(2)13-16-12(19-17-13)7-18-6-11(15-8-18)5-14-10(3)4/h6,8-10,14H,5,7H2,1-4H3. The van der Waals surface area contributed by atoms with E-state index in [0.29, 0.717) is 18.5 Å². The molecule has 0 aliphatic rings. The van der Waals surface area contributed by atoms with Gasteiger partial charge in [0.05, 0.1) is 12.0 Å². The maximum Gasteiger partial charge on any atom is 0.246 e. The zero-order valence-electron chi connectivity index (χ0n) is 11.9. The second kappa shape index (κ2) is 5.97. The molecule has 0 aliphatic heterocycles. The van der Waals surface area contributed by atoms with E-state index in [-0.39, 0.29) is 5.92 Å². The van der Waals surface area contributed by atoms with Crippen LogP contribution in [-0.4, -0.2) is 25.7 Å². The first-order chi connectivity index (χ1) is 9.04. The predicted octanol–water partition coefficient (Wildman–Crippen LogP) is 1.94. The number of nitrogens with one attached hydrogen (secondary N) is 1. The molecule has 0 atom stereocenters. The van der Waals surface area contributed by atoms with Gasteiger partial charge in [-0.1, -0.05) is 32.9 Å². The largest absolute Gasteiger partial charge is 0.337 e. The number of nitrogens with zero attached hydrogens (tertiary/aromatic N) is 4. The Hall–Kier alpha value is -1.69. The summed E-state index contributed by atoms with van der Waals surface area (Å²) in [5, 5.41) is 7.28. The van der Waals surface area contributed by atoms with Crippen LogP contribution in [0, 0.1) is 0 Å². The molecule has 2 aromatic rings. The van der Waals surface area contributed by atoms with Crippen LogP contribution in [0.3, 0.4) is 0 Å². The summed E-state index contributed by atoms with van der Waals surface area (Å²) in [5.41, 5.74) is 1.01. The zero-order valence-corrected chi connectivity index (χ0v) is 11.9. The Kier molecular flexibility index (Phi) is 4.31. The Morgan fingerprint density at radius 3 is 2.74 bits per heavy atom. The van der Waals surface area contributed by atoms with Crippen LogP contribution in [0.1, 0.15) is 51.0 Å². The van der Waals surface area contributed by atoms with Gasteiger partial charge >= 0.3 is 0 Å². The van der Waals surface area contributed by atoms with E-state index in [1.165, 1.54) is 0 Å². The van der Waals surface area contributed by atoms with Crippen molar-refractivity contribution in [1.82, 2.24) is 25.0 Å². The Labute approximate surface area is 113 Å². The zero-order chi connectivity index (χ0) is 13.8. The lowest BCUT2D eigenvalue weighted by molar-refractivity contribution is 0.364. The first-order valence-corrected chi connectivity index (χ1v) is 6.61. The quantitative estimate of drug-likeness (QED) is 0.862. The summed E-state index contributed by atoms with van der Waals surface area (Å²) in [7, 11) is 0. The fourth-order valence-corrected chi connectivity index (χ4v) is 1.62. The lowest BCUT2D eigenvalue weighted by Gasteiger charge is -2.04. The Bertz CT molecular complexity index is 515. The maximum atomic E-state index is 5.21. The van der Waals surface area contributed by atoms with Gasteiger partial charge in [0.25, 0.3) is 0 Å². The molecule has 1 N–H and O–H groups in total. The van der Waals surface area contributed by atoms with Gasteiger partial charge in [0.15, 0.2) is 5.82 Å². The molecule has 6 nitrogen and oxygen atoms in total. The van der Waals surface area contributed by atoms with Crippen LogP contribution in [0.15, 0.2) is 17.0 Å². The lowest BCUT2D eigenvalue weighted by atomic mass is 10.2. The van der Waals surface area contributed by atoms with Crippen molar-refractivity contribution in [3.63, 3.8) is 0 Å². The molecule has 0 saturated heterocycles. The first-order valence-electron chi connectivity index (χ1n) is 6.61. The van der Waals surface area contributed by atoms with E-state index in [9.17, 15) is 0 Å². The molecule has 0 radical (unpaired) electrons. The molecule has 0 unspecified atom stereocenters. The normalized spacial score (nSPS) is 11.7. The van der Waals surface area contributed by atoms with Crippen molar-refractivity contribution in [3.8, 4) is 0 Å². The molecular formula is C13H21N5O. The highest BCUT2D eigenvalue weighted by Crippen LogP contribution is 2.10. The second-order valence-corrected chi connectivity index (χ2v) is 5.27. The van der Waals surface area contributed by atoms with Crippen molar-refractivity contribution in [1.29, 1.82) is 0 Å². The van der Waals surface area contributed by atoms with Crippen molar-refractivity contribution < 1.29 is 4.52 Å². The van der Waals surface area contributed by atoms with E-state index >= 15 is 0 Å². The Balaban J connectivity index is 1.95. The fourth-order valence-electron chi connectivity index (χ4n) is 1.62. The van der Waals surface area contributed by atoms with Gasteiger partial charge in [-0.25, -0.2) is 4.98 Å². The van der Waals surface area contributed by atoms with Gasteiger partial charge in [-0.05, 0) is 0 Å². The van der Waals surface area contributed by atoms with Crippen LogP contribution < -0.4 is 5.32 Å². The minimum Gasteiger partial charge on any atom is -0.337 e. The summed E-state index contributed by atoms with van der Waals surface area (Å²) in [5.74, 6) is 1.65. The molecule has 0 bridgehead atoms. The Morgan fingerprint density at radius 2 is 2.11 bits per heavy atom. The van der Waals surface area contributed by atoms with E-state index in [1.807, 2.05) is 24.6 Å². The highest BCUT2D eigenvalue weighted by atomic mass is 16.5. The van der Waals surface area contributed by atoms with Crippen molar-refractivity contribution in [2.75, 3.05) is 0 Å². The van der Waals surface area contributed by atoms with Gasteiger partial charge < -0.3 is 14.4 Å². The van der Waals surface area contributed by atoms with E-state index < -0.39 is 0 Å². The number of hydrogen-bond acceptors (Lipinski definition) is 5. The lowest BCUT2D eigenvalue weighted by Crippen LogP contribution is -2.21. The van der Waals surface area contributed by atoms with Crippen LogP contribution in [-0.2, 0) is 13.1 Å². The molecule has 19 heavy (non-hydrogen) atoms. The molecule has 0 amide bonds. The molecular weight excluding hydrogens is 242 g/mol. The van der Waals surface area contributed by atoms with Crippen molar-refractivity contribution >= 4 is 0 Å². The van der Waals surface area contributed by atoms with Crippen LogP contribution in [0.2, 0.25) is 0 Å². The number of imidazole rings is 1. The topological polar surface area (TPSA) is 68.8 Å². The average Bonchev–Trinajstić information content (AvgIpc) is 2.96. The summed E-state index contributed by atoms with van der Waals surface area (Å²) in [6.45, 7) is 9.65. The molecule has 2 aromatic heterocycles. The minimum atomic E-state index is 0.283. The third-order valence-corrected chi connectivity index (χ3v) is 2.70. The highest BCUT2D eigenvalue weighted by molar-refractivity contribution is 4.99. The predicted molar refractivity (Wildman–Crippen MR) is 71.7 cm³/mol. The number of aromatic nitrogens is 4. The SMILES string of the molecule is CC(C)NCc1cn(Cc2nc(C(C)C)no2)cn1. The molecule has 0 fully saturated rings. The smallest absolute Gasteiger partial charge is 0.246 e. The molecule has 6 heteroatoms. The summed E-state index contributed by atoms with van der Waals surface area (Å²) < 4.78 is 7.17. The van der Waals surface area contributed by atoms with E-state index in [2.05, 4.69) is 34.3 Å². The Morgan fingerprint density at radius 1 is 1.32 bits per heavy atom. The fraction of sp³-hybridized carbons (Fsp3) is 0.615. The van der Waals surface area contributed by atoms with Crippen LogP contribution in [0.5, 0.6) is 0 Å². The van der Waals surface area contributed by atoms with Gasteiger partial charge in [0, 0.05) is 24.7 Å². The van der Waals surface area contributed by atoms with Gasteiger partial charge in [0.2, 0.25) is 5.89 Å². The number of hydrogen-bond donors (Lipinski definition) is 1. The molecule has 104 valence electrons. The second-order valence-electron chi connectivity index (χ2n) is 5.27. The maximum absolute atomic E-state index is 5.21. The summed E-state index contributed by atoms with van der Waals surface area (Å²) >= 11 is 0. The minimum absolute atomic E-state index is 0.283. The van der Waals surface area contributed by atoms with Gasteiger partial charge in [-0.15, -0.1) is 0 Å². The highest BCUT2D eigenvalue weighted by Gasteiger charge is 2.10. The van der Waals surface area contributed by atoms with Gasteiger partial charge in [-0.2, -0.15) is 4.98 Å². The summed E-state index contributed by atoms with van der Waals surface area (Å²) in [6, 6.07) is 0.453. The third-order valence-electron chi connectivity index (χ3n) is 2.70. The monoisotopic (exact) mass is 263 g/mol. The molecule has 2 rings (SSSR count). The van der Waals surface area contributed by atoms with Crippen molar-refractivity contribution in [3.05, 3.63) is 29.9 Å². The summed E-state index contributed by atoms with van der Waals surface area (Å²) in [4.78, 5) is 8.68. The first kappa shape index (κ1) is 13.7. The van der Waals surface area contributed by atoms with Crippen LogP contribution >= 0.6 is 0 Å². The van der Waals surface area contributed by atoms with E-state index in [4.69, 9.17) is 4.52 Å². The molecule has 0 aromatic carbocycles. The van der Waals surface area contributed by atoms with E-state index in [0.717, 1.165) is 18.1 Å². The van der Waals surface area contributed by atoms with Gasteiger partial charge in [0.1, 0.15) is 6.54 Å². The van der Waals surface area contributed by atoms with Crippen LogP contribution in [0.4, 0.5) is 0 Å². The van der Waals surface area contributed by atoms with Crippen molar-refractivity contribution in [2.24, 2.45) is 0 Å². The van der Waals surface area contributed by atoms with Crippen LogP contribution in [0.25, 0.3) is 0 Å². The molecule has 2 heterocycles. The van der Waals surface area contributed by atoms with Crippen molar-refractivity contribution in [2.45, 2.75) is 52.7 Å². The number of rotatable bonds is 6.